The molecule has 1 atom stereocenters. The minimum atomic E-state index is -0.651. The molecule has 1 aromatic carbocycles. The Kier molecular flexibility index (Phi) is 4.76. The molecule has 1 aliphatic rings. The maximum absolute atomic E-state index is 10.8. The number of hydrogen-bond acceptors (Lipinski definition) is 5. The Hall–Kier alpha value is -2.13. The topological polar surface area (TPSA) is 90.4 Å². The molecular weight excluding hydrogens is 270 g/mol. The van der Waals surface area contributed by atoms with E-state index in [1.165, 1.54) is 0 Å². The lowest BCUT2D eigenvalue weighted by molar-refractivity contribution is -0.517. The average Bonchev–Trinajstić information content (AvgIpc) is 2.87. The van der Waals surface area contributed by atoms with Gasteiger partial charge in [0.15, 0.2) is 0 Å². The van der Waals surface area contributed by atoms with Crippen molar-refractivity contribution < 1.29 is 10.0 Å². The van der Waals surface area contributed by atoms with E-state index in [0.29, 0.717) is 18.4 Å². The highest BCUT2D eigenvalue weighted by atomic mass is 16.6. The van der Waals surface area contributed by atoms with Crippen LogP contribution in [0.5, 0.6) is 0 Å². The number of nitriles is 1. The average molecular weight is 289 g/mol. The van der Waals surface area contributed by atoms with E-state index in [9.17, 15) is 15.4 Å². The van der Waals surface area contributed by atoms with Gasteiger partial charge in [-0.2, -0.15) is 5.26 Å². The monoisotopic (exact) mass is 289 g/mol. The third-order valence-electron chi connectivity index (χ3n) is 3.81. The molecule has 1 aromatic rings. The summed E-state index contributed by atoms with van der Waals surface area (Å²) in [6, 6.07) is 5.29. The number of fused-ring (bicyclic) bond motifs is 1. The van der Waals surface area contributed by atoms with E-state index in [0.717, 1.165) is 36.3 Å². The van der Waals surface area contributed by atoms with Crippen LogP contribution < -0.4 is 4.90 Å². The molecule has 21 heavy (non-hydrogen) atoms. The van der Waals surface area contributed by atoms with Gasteiger partial charge in [-0.25, -0.2) is 0 Å². The zero-order valence-corrected chi connectivity index (χ0v) is 12.1. The number of benzene rings is 1. The van der Waals surface area contributed by atoms with Crippen LogP contribution in [0.2, 0.25) is 0 Å². The maximum atomic E-state index is 10.8. The second-order valence-corrected chi connectivity index (χ2v) is 5.42. The molecule has 2 rings (SSSR count). The SMILES string of the molecule is CC(Cc1cc(C#N)c2c(c1)CCN2CCCO)[N+](=O)[O-]. The molecule has 0 saturated heterocycles. The van der Waals surface area contributed by atoms with Crippen LogP contribution in [0, 0.1) is 21.4 Å². The first-order valence-electron chi connectivity index (χ1n) is 7.12. The van der Waals surface area contributed by atoms with Crippen molar-refractivity contribution in [1.82, 2.24) is 0 Å². The molecule has 1 N–H and O–H groups in total. The van der Waals surface area contributed by atoms with Crippen molar-refractivity contribution >= 4 is 5.69 Å². The second kappa shape index (κ2) is 6.55. The number of anilines is 1. The molecule has 6 nitrogen and oxygen atoms in total. The van der Waals surface area contributed by atoms with E-state index in [4.69, 9.17) is 5.11 Å². The lowest BCUT2D eigenvalue weighted by Gasteiger charge is -2.20. The molecule has 0 fully saturated rings. The summed E-state index contributed by atoms with van der Waals surface area (Å²) < 4.78 is 0. The van der Waals surface area contributed by atoms with Gasteiger partial charge in [-0.1, -0.05) is 6.07 Å². The summed E-state index contributed by atoms with van der Waals surface area (Å²) in [5.41, 5.74) is 3.44. The Bertz CT molecular complexity index is 580. The van der Waals surface area contributed by atoms with Crippen LogP contribution in [0.1, 0.15) is 30.0 Å². The molecule has 0 bridgehead atoms. The fourth-order valence-electron chi connectivity index (χ4n) is 2.80. The zero-order chi connectivity index (χ0) is 15.4. The zero-order valence-electron chi connectivity index (χ0n) is 12.1. The van der Waals surface area contributed by atoms with Crippen molar-refractivity contribution in [2.45, 2.75) is 32.2 Å². The van der Waals surface area contributed by atoms with Crippen LogP contribution in [-0.4, -0.2) is 35.8 Å². The van der Waals surface area contributed by atoms with Crippen LogP contribution >= 0.6 is 0 Å². The Morgan fingerprint density at radius 2 is 2.33 bits per heavy atom. The fourth-order valence-corrected chi connectivity index (χ4v) is 2.80. The lowest BCUT2D eigenvalue weighted by Crippen LogP contribution is -2.23. The lowest BCUT2D eigenvalue weighted by atomic mass is 9.99. The van der Waals surface area contributed by atoms with Crippen LogP contribution in [0.15, 0.2) is 12.1 Å². The van der Waals surface area contributed by atoms with Gasteiger partial charge in [-0.3, -0.25) is 10.1 Å². The third-order valence-corrected chi connectivity index (χ3v) is 3.81. The molecule has 6 heteroatoms. The standard InChI is InChI=1S/C15H19N3O3/c1-11(18(20)21)7-12-8-13-3-5-17(4-2-6-19)15(13)14(9-12)10-16/h8-9,11,19H,2-7H2,1H3. The normalized spacial score (nSPS) is 14.6. The summed E-state index contributed by atoms with van der Waals surface area (Å²) in [5.74, 6) is 0. The van der Waals surface area contributed by atoms with Crippen molar-refractivity contribution in [1.29, 1.82) is 5.26 Å². The number of hydrogen-bond donors (Lipinski definition) is 1. The van der Waals surface area contributed by atoms with Crippen molar-refractivity contribution in [3.05, 3.63) is 38.9 Å². The summed E-state index contributed by atoms with van der Waals surface area (Å²) in [6.45, 7) is 3.26. The smallest absolute Gasteiger partial charge is 0.214 e. The molecule has 0 radical (unpaired) electrons. The number of aliphatic hydroxyl groups excluding tert-OH is 1. The molecule has 1 unspecified atom stereocenters. The molecule has 0 spiro atoms. The van der Waals surface area contributed by atoms with Gasteiger partial charge in [-0.15, -0.1) is 0 Å². The molecule has 1 aliphatic heterocycles. The number of rotatable bonds is 6. The highest BCUT2D eigenvalue weighted by Crippen LogP contribution is 2.33. The van der Waals surface area contributed by atoms with Crippen molar-refractivity contribution in [3.8, 4) is 6.07 Å². The fraction of sp³-hybridized carbons (Fsp3) is 0.533. The molecule has 0 amide bonds. The van der Waals surface area contributed by atoms with Crippen molar-refractivity contribution in [2.24, 2.45) is 0 Å². The van der Waals surface area contributed by atoms with Crippen LogP contribution in [0.3, 0.4) is 0 Å². The van der Waals surface area contributed by atoms with Crippen molar-refractivity contribution in [2.75, 3.05) is 24.6 Å². The summed E-state index contributed by atoms with van der Waals surface area (Å²) >= 11 is 0. The van der Waals surface area contributed by atoms with Gasteiger partial charge in [0.2, 0.25) is 6.04 Å². The van der Waals surface area contributed by atoms with E-state index in [-0.39, 0.29) is 11.5 Å². The Balaban J connectivity index is 2.27. The molecule has 0 aliphatic carbocycles. The van der Waals surface area contributed by atoms with E-state index in [2.05, 4.69) is 11.0 Å². The van der Waals surface area contributed by atoms with E-state index in [1.807, 2.05) is 6.07 Å². The van der Waals surface area contributed by atoms with Gasteiger partial charge >= 0.3 is 0 Å². The molecular formula is C15H19N3O3. The molecule has 1 heterocycles. The highest BCUT2D eigenvalue weighted by molar-refractivity contribution is 5.68. The first-order valence-corrected chi connectivity index (χ1v) is 7.12. The minimum Gasteiger partial charge on any atom is -0.396 e. The third kappa shape index (κ3) is 3.31. The largest absolute Gasteiger partial charge is 0.396 e. The molecule has 0 aromatic heterocycles. The predicted molar refractivity (Wildman–Crippen MR) is 78.9 cm³/mol. The molecule has 0 saturated carbocycles. The van der Waals surface area contributed by atoms with Crippen LogP contribution in [-0.2, 0) is 12.8 Å². The number of aliphatic hydroxyl groups is 1. The van der Waals surface area contributed by atoms with Gasteiger partial charge in [0, 0.05) is 38.0 Å². The Morgan fingerprint density at radius 1 is 1.57 bits per heavy atom. The maximum Gasteiger partial charge on any atom is 0.214 e. The highest BCUT2D eigenvalue weighted by Gasteiger charge is 2.24. The summed E-state index contributed by atoms with van der Waals surface area (Å²) in [5, 5.41) is 29.1. The van der Waals surface area contributed by atoms with Gasteiger partial charge < -0.3 is 10.0 Å². The van der Waals surface area contributed by atoms with E-state index < -0.39 is 6.04 Å². The first-order chi connectivity index (χ1) is 10.1. The molecule has 112 valence electrons. The van der Waals surface area contributed by atoms with Gasteiger partial charge in [0.05, 0.1) is 11.3 Å². The summed E-state index contributed by atoms with van der Waals surface area (Å²) in [4.78, 5) is 12.6. The summed E-state index contributed by atoms with van der Waals surface area (Å²) in [6.07, 6.45) is 1.85. The number of nitrogens with zero attached hydrogens (tertiary/aromatic N) is 3. The quantitative estimate of drug-likeness (QED) is 0.633. The predicted octanol–water partition coefficient (Wildman–Crippen LogP) is 1.51. The number of nitro groups is 1. The Labute approximate surface area is 123 Å². The van der Waals surface area contributed by atoms with Gasteiger partial charge in [0.1, 0.15) is 6.07 Å². The summed E-state index contributed by atoms with van der Waals surface area (Å²) in [7, 11) is 0. The second-order valence-electron chi connectivity index (χ2n) is 5.42. The van der Waals surface area contributed by atoms with Gasteiger partial charge in [0.25, 0.3) is 0 Å². The van der Waals surface area contributed by atoms with Crippen LogP contribution in [0.25, 0.3) is 0 Å². The van der Waals surface area contributed by atoms with Gasteiger partial charge in [-0.05, 0) is 30.0 Å². The minimum absolute atomic E-state index is 0.131. The van der Waals surface area contributed by atoms with Crippen LogP contribution in [0.4, 0.5) is 5.69 Å². The van der Waals surface area contributed by atoms with E-state index in [1.54, 1.807) is 13.0 Å². The first kappa shape index (κ1) is 15.3. The van der Waals surface area contributed by atoms with Crippen molar-refractivity contribution in [3.63, 3.8) is 0 Å². The Morgan fingerprint density at radius 3 is 2.95 bits per heavy atom. The van der Waals surface area contributed by atoms with E-state index >= 15 is 0 Å².